The first kappa shape index (κ1) is 13.9. The lowest BCUT2D eigenvalue weighted by Gasteiger charge is -2.33. The van der Waals surface area contributed by atoms with Crippen molar-refractivity contribution >= 4 is 5.82 Å². The second-order valence-electron chi connectivity index (χ2n) is 4.41. The Morgan fingerprint density at radius 1 is 1.21 bits per heavy atom. The Kier molecular flexibility index (Phi) is 4.08. The summed E-state index contributed by atoms with van der Waals surface area (Å²) < 4.78 is 40.8. The Bertz CT molecular complexity index is 419. The lowest BCUT2D eigenvalue weighted by molar-refractivity contribution is -0.154. The Balaban J connectivity index is 1.99. The summed E-state index contributed by atoms with van der Waals surface area (Å²) in [6, 6.07) is 1.44. The number of rotatable bonds is 3. The zero-order valence-electron chi connectivity index (χ0n) is 10.5. The van der Waals surface area contributed by atoms with Crippen LogP contribution in [0.5, 0.6) is 5.88 Å². The summed E-state index contributed by atoms with van der Waals surface area (Å²) in [5.74, 6) is 0.543. The van der Waals surface area contributed by atoms with E-state index in [0.29, 0.717) is 5.82 Å². The van der Waals surface area contributed by atoms with Crippen LogP contribution in [0.1, 0.15) is 0 Å². The molecule has 0 bridgehead atoms. The van der Waals surface area contributed by atoms with E-state index >= 15 is 0 Å². The number of alkyl halides is 3. The summed E-state index contributed by atoms with van der Waals surface area (Å²) in [5, 5.41) is 0. The molecule has 0 saturated carbocycles. The summed E-state index contributed by atoms with van der Waals surface area (Å²) in [4.78, 5) is 11.9. The molecule has 2 rings (SSSR count). The predicted octanol–water partition coefficient (Wildman–Crippen LogP) is 1.17. The van der Waals surface area contributed by atoms with E-state index in [-0.39, 0.29) is 5.88 Å². The number of likely N-dealkylation sites (N-methyl/N-ethyl adjacent to an activating group) is 1. The van der Waals surface area contributed by atoms with Crippen molar-refractivity contribution in [3.8, 4) is 5.88 Å². The van der Waals surface area contributed by atoms with Crippen molar-refractivity contribution in [1.29, 1.82) is 0 Å². The zero-order chi connectivity index (χ0) is 13.9. The molecule has 0 aromatic carbocycles. The smallest absolute Gasteiger partial charge is 0.422 e. The maximum Gasteiger partial charge on any atom is 0.422 e. The molecule has 1 aromatic heterocycles. The molecule has 5 nitrogen and oxygen atoms in total. The molecule has 1 fully saturated rings. The van der Waals surface area contributed by atoms with E-state index in [4.69, 9.17) is 0 Å². The first-order valence-corrected chi connectivity index (χ1v) is 5.89. The lowest BCUT2D eigenvalue weighted by atomic mass is 10.3. The Morgan fingerprint density at radius 2 is 1.89 bits per heavy atom. The minimum absolute atomic E-state index is 0.0544. The molecule has 106 valence electrons. The van der Waals surface area contributed by atoms with E-state index in [1.54, 1.807) is 0 Å². The Morgan fingerprint density at radius 3 is 2.53 bits per heavy atom. The van der Waals surface area contributed by atoms with Gasteiger partial charge in [-0.05, 0) is 7.05 Å². The van der Waals surface area contributed by atoms with Crippen molar-refractivity contribution in [2.45, 2.75) is 6.18 Å². The van der Waals surface area contributed by atoms with Crippen molar-refractivity contribution in [3.05, 3.63) is 12.4 Å². The first-order chi connectivity index (χ1) is 8.94. The molecule has 2 heterocycles. The summed E-state index contributed by atoms with van der Waals surface area (Å²) in [7, 11) is 2.02. The van der Waals surface area contributed by atoms with Crippen LogP contribution in [-0.4, -0.2) is 60.9 Å². The average molecular weight is 276 g/mol. The lowest BCUT2D eigenvalue weighted by Crippen LogP contribution is -2.44. The minimum atomic E-state index is -4.36. The SMILES string of the molecule is CN1CCN(c2cc(OCC(F)(F)F)ncn2)CC1. The largest absolute Gasteiger partial charge is 0.468 e. The van der Waals surface area contributed by atoms with E-state index in [1.807, 2.05) is 11.9 Å². The molecule has 1 saturated heterocycles. The molecule has 0 atom stereocenters. The van der Waals surface area contributed by atoms with Crippen molar-refractivity contribution in [1.82, 2.24) is 14.9 Å². The molecule has 0 amide bonds. The molecular weight excluding hydrogens is 261 g/mol. The van der Waals surface area contributed by atoms with Crippen LogP contribution in [0.15, 0.2) is 12.4 Å². The quantitative estimate of drug-likeness (QED) is 0.829. The van der Waals surface area contributed by atoms with Gasteiger partial charge in [-0.25, -0.2) is 9.97 Å². The molecular formula is C11H15F3N4O. The van der Waals surface area contributed by atoms with Crippen LogP contribution in [0.3, 0.4) is 0 Å². The molecule has 1 aliphatic rings. The number of ether oxygens (including phenoxy) is 1. The van der Waals surface area contributed by atoms with Crippen LogP contribution in [0, 0.1) is 0 Å². The van der Waals surface area contributed by atoms with Crippen molar-refractivity contribution in [2.75, 3.05) is 44.7 Å². The van der Waals surface area contributed by atoms with Crippen LogP contribution in [0.2, 0.25) is 0 Å². The summed E-state index contributed by atoms with van der Waals surface area (Å²) in [6.07, 6.45) is -3.14. The van der Waals surface area contributed by atoms with Gasteiger partial charge in [0, 0.05) is 32.2 Å². The van der Waals surface area contributed by atoms with E-state index in [1.165, 1.54) is 12.4 Å². The van der Waals surface area contributed by atoms with Crippen LogP contribution in [0.4, 0.5) is 19.0 Å². The molecule has 1 aliphatic heterocycles. The number of anilines is 1. The molecule has 0 spiro atoms. The first-order valence-electron chi connectivity index (χ1n) is 5.89. The summed E-state index contributed by atoms with van der Waals surface area (Å²) >= 11 is 0. The fourth-order valence-electron chi connectivity index (χ4n) is 1.77. The Labute approximate surface area is 109 Å². The normalized spacial score (nSPS) is 17.6. The van der Waals surface area contributed by atoms with Gasteiger partial charge in [0.2, 0.25) is 5.88 Å². The monoisotopic (exact) mass is 276 g/mol. The maximum absolute atomic E-state index is 12.1. The third-order valence-electron chi connectivity index (χ3n) is 2.84. The van der Waals surface area contributed by atoms with Crippen molar-refractivity contribution in [2.24, 2.45) is 0 Å². The van der Waals surface area contributed by atoms with Crippen LogP contribution in [0.25, 0.3) is 0 Å². The molecule has 0 aliphatic carbocycles. The fraction of sp³-hybridized carbons (Fsp3) is 0.636. The van der Waals surface area contributed by atoms with E-state index in [0.717, 1.165) is 26.2 Å². The van der Waals surface area contributed by atoms with E-state index in [2.05, 4.69) is 19.6 Å². The number of halogens is 3. The van der Waals surface area contributed by atoms with Gasteiger partial charge < -0.3 is 14.5 Å². The standard InChI is InChI=1S/C11H15F3N4O/c1-17-2-4-18(5-3-17)9-6-10(16-8-15-9)19-7-11(12,13)14/h6,8H,2-5,7H2,1H3. The van der Waals surface area contributed by atoms with Gasteiger partial charge in [-0.3, -0.25) is 0 Å². The second-order valence-corrected chi connectivity index (χ2v) is 4.41. The van der Waals surface area contributed by atoms with Crippen molar-refractivity contribution < 1.29 is 17.9 Å². The zero-order valence-corrected chi connectivity index (χ0v) is 10.5. The Hall–Kier alpha value is -1.57. The number of nitrogens with zero attached hydrogens (tertiary/aromatic N) is 4. The molecule has 19 heavy (non-hydrogen) atoms. The van der Waals surface area contributed by atoms with Crippen molar-refractivity contribution in [3.63, 3.8) is 0 Å². The number of hydrogen-bond acceptors (Lipinski definition) is 5. The van der Waals surface area contributed by atoms with Gasteiger partial charge in [0.05, 0.1) is 0 Å². The second kappa shape index (κ2) is 5.60. The third-order valence-corrected chi connectivity index (χ3v) is 2.84. The highest BCUT2D eigenvalue weighted by atomic mass is 19.4. The van der Waals surface area contributed by atoms with E-state index < -0.39 is 12.8 Å². The number of hydrogen-bond donors (Lipinski definition) is 0. The van der Waals surface area contributed by atoms with Gasteiger partial charge in [0.1, 0.15) is 12.1 Å². The number of aromatic nitrogens is 2. The van der Waals surface area contributed by atoms with Crippen LogP contribution in [-0.2, 0) is 0 Å². The topological polar surface area (TPSA) is 41.5 Å². The van der Waals surface area contributed by atoms with Gasteiger partial charge >= 0.3 is 6.18 Å². The molecule has 0 unspecified atom stereocenters. The highest BCUT2D eigenvalue weighted by molar-refractivity contribution is 5.41. The van der Waals surface area contributed by atoms with Gasteiger partial charge in [-0.15, -0.1) is 0 Å². The molecule has 1 aromatic rings. The van der Waals surface area contributed by atoms with Crippen LogP contribution < -0.4 is 9.64 Å². The fourth-order valence-corrected chi connectivity index (χ4v) is 1.77. The van der Waals surface area contributed by atoms with Gasteiger partial charge in [-0.2, -0.15) is 13.2 Å². The highest BCUT2D eigenvalue weighted by Crippen LogP contribution is 2.20. The summed E-state index contributed by atoms with van der Waals surface area (Å²) in [5.41, 5.74) is 0. The number of piperazine rings is 1. The molecule has 0 radical (unpaired) electrons. The predicted molar refractivity (Wildman–Crippen MR) is 63.3 cm³/mol. The molecule has 0 N–H and O–H groups in total. The minimum Gasteiger partial charge on any atom is -0.468 e. The van der Waals surface area contributed by atoms with Gasteiger partial charge in [0.25, 0.3) is 0 Å². The van der Waals surface area contributed by atoms with Crippen LogP contribution >= 0.6 is 0 Å². The third kappa shape index (κ3) is 4.23. The van der Waals surface area contributed by atoms with E-state index in [9.17, 15) is 13.2 Å². The van der Waals surface area contributed by atoms with Gasteiger partial charge in [0.15, 0.2) is 6.61 Å². The maximum atomic E-state index is 12.1. The summed E-state index contributed by atoms with van der Waals surface area (Å²) in [6.45, 7) is 2.01. The van der Waals surface area contributed by atoms with Gasteiger partial charge in [-0.1, -0.05) is 0 Å². The molecule has 8 heteroatoms. The highest BCUT2D eigenvalue weighted by Gasteiger charge is 2.28. The average Bonchev–Trinajstić information content (AvgIpc) is 2.37.